The summed E-state index contributed by atoms with van der Waals surface area (Å²) in [5, 5.41) is 1.87. The monoisotopic (exact) mass is 310 g/mol. The van der Waals surface area contributed by atoms with Crippen molar-refractivity contribution in [1.82, 2.24) is 0 Å². The Labute approximate surface area is 113 Å². The SMILES string of the molecule is CS(=O)(=O)CCC(N)C(=O)Nc1c(F)cc(F)cc1F. The molecule has 20 heavy (non-hydrogen) atoms. The molecule has 1 amide bonds. The van der Waals surface area contributed by atoms with E-state index in [4.69, 9.17) is 5.73 Å². The molecule has 0 aliphatic carbocycles. The normalized spacial score (nSPS) is 13.1. The first-order chi connectivity index (χ1) is 9.10. The number of halogens is 3. The summed E-state index contributed by atoms with van der Waals surface area (Å²) in [6.45, 7) is 0. The number of amides is 1. The maximum absolute atomic E-state index is 13.3. The third-order valence-electron chi connectivity index (χ3n) is 2.39. The molecule has 0 aliphatic heterocycles. The zero-order valence-corrected chi connectivity index (χ0v) is 11.3. The Morgan fingerprint density at radius 3 is 2.25 bits per heavy atom. The van der Waals surface area contributed by atoms with Crippen molar-refractivity contribution in [2.24, 2.45) is 5.73 Å². The van der Waals surface area contributed by atoms with Gasteiger partial charge in [-0.05, 0) is 6.42 Å². The zero-order valence-electron chi connectivity index (χ0n) is 10.5. The average molecular weight is 310 g/mol. The van der Waals surface area contributed by atoms with Crippen LogP contribution < -0.4 is 11.1 Å². The van der Waals surface area contributed by atoms with Gasteiger partial charge in [0.15, 0.2) is 11.6 Å². The van der Waals surface area contributed by atoms with Gasteiger partial charge < -0.3 is 11.1 Å². The van der Waals surface area contributed by atoms with E-state index in [-0.39, 0.29) is 12.2 Å². The third-order valence-corrected chi connectivity index (χ3v) is 3.37. The number of anilines is 1. The van der Waals surface area contributed by atoms with Gasteiger partial charge >= 0.3 is 0 Å². The van der Waals surface area contributed by atoms with Crippen molar-refractivity contribution in [1.29, 1.82) is 0 Å². The fraction of sp³-hybridized carbons (Fsp3) is 0.364. The van der Waals surface area contributed by atoms with E-state index in [1.807, 2.05) is 5.32 Å². The molecule has 0 saturated heterocycles. The smallest absolute Gasteiger partial charge is 0.241 e. The van der Waals surface area contributed by atoms with Crippen LogP contribution in [-0.2, 0) is 14.6 Å². The van der Waals surface area contributed by atoms with Gasteiger partial charge in [-0.25, -0.2) is 21.6 Å². The predicted molar refractivity (Wildman–Crippen MR) is 67.2 cm³/mol. The second-order valence-corrected chi connectivity index (χ2v) is 6.52. The molecule has 0 heterocycles. The summed E-state index contributed by atoms with van der Waals surface area (Å²) in [4.78, 5) is 11.6. The van der Waals surface area contributed by atoms with Gasteiger partial charge in [0.1, 0.15) is 21.3 Å². The van der Waals surface area contributed by atoms with Crippen LogP contribution in [-0.4, -0.2) is 32.4 Å². The number of carbonyl (C=O) groups is 1. The van der Waals surface area contributed by atoms with Crippen LogP contribution in [0.2, 0.25) is 0 Å². The zero-order chi connectivity index (χ0) is 15.5. The van der Waals surface area contributed by atoms with E-state index in [0.717, 1.165) is 6.26 Å². The number of benzene rings is 1. The number of sulfone groups is 1. The molecule has 0 saturated carbocycles. The maximum Gasteiger partial charge on any atom is 0.241 e. The molecule has 1 aromatic carbocycles. The largest absolute Gasteiger partial charge is 0.320 e. The molecule has 1 unspecified atom stereocenters. The van der Waals surface area contributed by atoms with Crippen LogP contribution in [0.15, 0.2) is 12.1 Å². The van der Waals surface area contributed by atoms with E-state index in [9.17, 15) is 26.4 Å². The van der Waals surface area contributed by atoms with Crippen molar-refractivity contribution in [3.8, 4) is 0 Å². The molecule has 1 aromatic rings. The highest BCUT2D eigenvalue weighted by Crippen LogP contribution is 2.20. The third kappa shape index (κ3) is 4.82. The Morgan fingerprint density at radius 1 is 1.30 bits per heavy atom. The molecule has 5 nitrogen and oxygen atoms in total. The fourth-order valence-corrected chi connectivity index (χ4v) is 2.03. The van der Waals surface area contributed by atoms with Gasteiger partial charge in [-0.1, -0.05) is 0 Å². The molecule has 3 N–H and O–H groups in total. The number of nitrogens with two attached hydrogens (primary N) is 1. The van der Waals surface area contributed by atoms with E-state index in [2.05, 4.69) is 0 Å². The second kappa shape index (κ2) is 6.23. The lowest BCUT2D eigenvalue weighted by Gasteiger charge is -2.12. The molecule has 0 aliphatic rings. The lowest BCUT2D eigenvalue weighted by Crippen LogP contribution is -2.37. The predicted octanol–water partition coefficient (Wildman–Crippen LogP) is 0.804. The highest BCUT2D eigenvalue weighted by Gasteiger charge is 2.20. The molecule has 9 heteroatoms. The van der Waals surface area contributed by atoms with Crippen molar-refractivity contribution < 1.29 is 26.4 Å². The minimum Gasteiger partial charge on any atom is -0.320 e. The van der Waals surface area contributed by atoms with Crippen LogP contribution >= 0.6 is 0 Å². The highest BCUT2D eigenvalue weighted by molar-refractivity contribution is 7.90. The Morgan fingerprint density at radius 2 is 1.80 bits per heavy atom. The number of nitrogens with one attached hydrogen (secondary N) is 1. The van der Waals surface area contributed by atoms with Gasteiger partial charge in [-0.3, -0.25) is 4.79 Å². The first-order valence-electron chi connectivity index (χ1n) is 5.49. The molecule has 1 atom stereocenters. The lowest BCUT2D eigenvalue weighted by atomic mass is 10.2. The van der Waals surface area contributed by atoms with Crippen molar-refractivity contribution in [2.45, 2.75) is 12.5 Å². The van der Waals surface area contributed by atoms with Crippen molar-refractivity contribution in [3.05, 3.63) is 29.6 Å². The number of rotatable bonds is 5. The highest BCUT2D eigenvalue weighted by atomic mass is 32.2. The van der Waals surface area contributed by atoms with E-state index in [1.165, 1.54) is 0 Å². The summed E-state index contributed by atoms with van der Waals surface area (Å²) in [6, 6.07) is -0.449. The van der Waals surface area contributed by atoms with Crippen LogP contribution in [0.25, 0.3) is 0 Å². The molecule has 0 aromatic heterocycles. The Bertz CT molecular complexity index is 596. The molecule has 112 valence electrons. The lowest BCUT2D eigenvalue weighted by molar-refractivity contribution is -0.117. The Kier molecular flexibility index (Phi) is 5.12. The molecule has 0 radical (unpaired) electrons. The van der Waals surface area contributed by atoms with E-state index in [0.29, 0.717) is 12.1 Å². The number of carbonyl (C=O) groups excluding carboxylic acids is 1. The van der Waals surface area contributed by atoms with Crippen LogP contribution in [0.3, 0.4) is 0 Å². The van der Waals surface area contributed by atoms with Gasteiger partial charge in [0.25, 0.3) is 0 Å². The minimum atomic E-state index is -3.31. The first kappa shape index (κ1) is 16.4. The van der Waals surface area contributed by atoms with Crippen molar-refractivity contribution in [2.75, 3.05) is 17.3 Å². The van der Waals surface area contributed by atoms with Gasteiger partial charge in [0.05, 0.1) is 11.8 Å². The molecule has 0 spiro atoms. The van der Waals surface area contributed by atoms with Gasteiger partial charge in [0.2, 0.25) is 5.91 Å². The van der Waals surface area contributed by atoms with Crippen LogP contribution in [0.1, 0.15) is 6.42 Å². The topological polar surface area (TPSA) is 89.3 Å². The quantitative estimate of drug-likeness (QED) is 0.842. The minimum absolute atomic E-state index is 0.199. The van der Waals surface area contributed by atoms with Crippen LogP contribution in [0, 0.1) is 17.5 Å². The van der Waals surface area contributed by atoms with E-state index >= 15 is 0 Å². The summed E-state index contributed by atoms with van der Waals surface area (Å²) in [5.74, 6) is -4.99. The molecular formula is C11H13F3N2O3S. The van der Waals surface area contributed by atoms with Crippen molar-refractivity contribution in [3.63, 3.8) is 0 Å². The summed E-state index contributed by atoms with van der Waals surface area (Å²) in [6.07, 6.45) is 0.770. The number of hydrogen-bond acceptors (Lipinski definition) is 4. The van der Waals surface area contributed by atoms with Gasteiger partial charge in [-0.2, -0.15) is 0 Å². The summed E-state index contributed by atoms with van der Waals surface area (Å²) in [5.41, 5.74) is 4.58. The second-order valence-electron chi connectivity index (χ2n) is 4.26. The van der Waals surface area contributed by atoms with E-state index < -0.39 is 44.9 Å². The maximum atomic E-state index is 13.3. The molecular weight excluding hydrogens is 297 g/mol. The van der Waals surface area contributed by atoms with Crippen molar-refractivity contribution >= 4 is 21.4 Å². The fourth-order valence-electron chi connectivity index (χ4n) is 1.35. The Balaban J connectivity index is 2.76. The Hall–Kier alpha value is -1.61. The molecule has 1 rings (SSSR count). The van der Waals surface area contributed by atoms with Gasteiger partial charge in [0, 0.05) is 18.4 Å². The van der Waals surface area contributed by atoms with Crippen LogP contribution in [0.5, 0.6) is 0 Å². The standard InChI is InChI=1S/C11H13F3N2O3S/c1-20(18,19)3-2-9(15)11(17)16-10-7(13)4-6(12)5-8(10)14/h4-5,9H,2-3,15H2,1H3,(H,16,17). The number of hydrogen-bond donors (Lipinski definition) is 2. The van der Waals surface area contributed by atoms with Gasteiger partial charge in [-0.15, -0.1) is 0 Å². The molecule has 0 bridgehead atoms. The summed E-state index contributed by atoms with van der Waals surface area (Å²) >= 11 is 0. The molecule has 0 fully saturated rings. The summed E-state index contributed by atoms with van der Waals surface area (Å²) < 4.78 is 61.1. The average Bonchev–Trinajstić information content (AvgIpc) is 2.29. The van der Waals surface area contributed by atoms with E-state index in [1.54, 1.807) is 0 Å². The van der Waals surface area contributed by atoms with Crippen LogP contribution in [0.4, 0.5) is 18.9 Å². The summed E-state index contributed by atoms with van der Waals surface area (Å²) in [7, 11) is -3.31. The first-order valence-corrected chi connectivity index (χ1v) is 7.55.